The quantitative estimate of drug-likeness (QED) is 0.205. The minimum Gasteiger partial charge on any atom is -0.508 e. The summed E-state index contributed by atoms with van der Waals surface area (Å²) in [5.41, 5.74) is 0.509. The molecule has 38 heavy (non-hydrogen) atoms. The van der Waals surface area contributed by atoms with E-state index < -0.39 is 47.6 Å². The lowest BCUT2D eigenvalue weighted by atomic mass is 10.0. The summed E-state index contributed by atoms with van der Waals surface area (Å²) in [7, 11) is 0. The fourth-order valence-corrected chi connectivity index (χ4v) is 4.00. The zero-order valence-electron chi connectivity index (χ0n) is 21.0. The summed E-state index contributed by atoms with van der Waals surface area (Å²) in [6.45, 7) is 5.11. The maximum Gasteiger partial charge on any atom is 0.364 e. The average Bonchev–Trinajstić information content (AvgIpc) is 2.88. The molecule has 1 saturated heterocycles. The van der Waals surface area contributed by atoms with E-state index in [0.717, 1.165) is 5.57 Å². The Balaban J connectivity index is 1.61. The van der Waals surface area contributed by atoms with Gasteiger partial charge >= 0.3 is 5.63 Å². The van der Waals surface area contributed by atoms with Crippen molar-refractivity contribution in [1.82, 2.24) is 0 Å². The molecule has 0 spiro atoms. The predicted octanol–water partition coefficient (Wildman–Crippen LogP) is 2.09. The molecule has 0 aliphatic carbocycles. The molecule has 1 fully saturated rings. The second kappa shape index (κ2) is 10.8. The fraction of sp³-hybridized carbons (Fsp3) is 0.333. The second-order valence-electron chi connectivity index (χ2n) is 9.33. The lowest BCUT2D eigenvalue weighted by Crippen LogP contribution is -2.54. The number of allylic oxidation sites excluding steroid dienone is 2. The summed E-state index contributed by atoms with van der Waals surface area (Å²) in [4.78, 5) is 25.6. The zero-order chi connectivity index (χ0) is 27.7. The Kier molecular flexibility index (Phi) is 7.74. The molecule has 11 heteroatoms. The number of fused-ring (bicyclic) bond motifs is 1. The highest BCUT2D eigenvalue weighted by molar-refractivity contribution is 6.06. The van der Waals surface area contributed by atoms with Crippen molar-refractivity contribution in [3.05, 3.63) is 69.1 Å². The van der Waals surface area contributed by atoms with Gasteiger partial charge in [-0.2, -0.15) is 0 Å². The highest BCUT2D eigenvalue weighted by atomic mass is 16.7. The summed E-state index contributed by atoms with van der Waals surface area (Å²) < 4.78 is 16.3. The number of rotatable bonds is 6. The third-order valence-electron chi connectivity index (χ3n) is 6.25. The molecule has 0 bridgehead atoms. The SMILES string of the molecule is CC(C)=CCc1cc(C(=O)Nc2c(O)c3ccc(O[C@@H]4OC[C@@H](O)[C@H](O)[C@H]4O)c(C)c3oc2=O)ccc1O. The van der Waals surface area contributed by atoms with Gasteiger partial charge in [0.25, 0.3) is 5.91 Å². The van der Waals surface area contributed by atoms with Crippen molar-refractivity contribution in [3.8, 4) is 17.2 Å². The van der Waals surface area contributed by atoms with E-state index in [1.54, 1.807) is 6.92 Å². The first-order valence-electron chi connectivity index (χ1n) is 11.9. The van der Waals surface area contributed by atoms with Crippen LogP contribution in [0.5, 0.6) is 17.2 Å². The van der Waals surface area contributed by atoms with Gasteiger partial charge < -0.3 is 44.7 Å². The number of hydrogen-bond donors (Lipinski definition) is 6. The summed E-state index contributed by atoms with van der Waals surface area (Å²) in [6, 6.07) is 7.09. The van der Waals surface area contributed by atoms with Crippen LogP contribution in [0.15, 0.2) is 51.2 Å². The molecule has 1 aliphatic rings. The third-order valence-corrected chi connectivity index (χ3v) is 6.25. The molecule has 1 aliphatic heterocycles. The standard InChI is InChI=1S/C27H29NO10/c1-12(2)4-5-14-10-15(6-8-17(14)29)25(34)28-20-21(31)16-7-9-19(13(3)24(16)38-26(20)35)37-27-23(33)22(32)18(30)11-36-27/h4,6-10,18,22-23,27,29-33H,5,11H2,1-3H3,(H,28,34)/t18-,22+,23-,27+/m1/s1. The van der Waals surface area contributed by atoms with Gasteiger partial charge in [-0.1, -0.05) is 11.6 Å². The van der Waals surface area contributed by atoms with Crippen LogP contribution in [0.25, 0.3) is 11.0 Å². The number of amides is 1. The normalized spacial score (nSPS) is 21.2. The van der Waals surface area contributed by atoms with Crippen LogP contribution in [0.1, 0.15) is 35.3 Å². The van der Waals surface area contributed by atoms with Crippen LogP contribution in [-0.4, -0.2) is 62.6 Å². The van der Waals surface area contributed by atoms with Crippen molar-refractivity contribution in [2.75, 3.05) is 11.9 Å². The molecule has 4 atom stereocenters. The van der Waals surface area contributed by atoms with Crippen molar-refractivity contribution in [3.63, 3.8) is 0 Å². The molecule has 11 nitrogen and oxygen atoms in total. The molecule has 4 rings (SSSR count). The molecule has 0 saturated carbocycles. The first kappa shape index (κ1) is 27.1. The van der Waals surface area contributed by atoms with Crippen LogP contribution >= 0.6 is 0 Å². The van der Waals surface area contributed by atoms with Crippen LogP contribution in [0, 0.1) is 6.92 Å². The van der Waals surface area contributed by atoms with Crippen molar-refractivity contribution in [1.29, 1.82) is 0 Å². The van der Waals surface area contributed by atoms with E-state index in [2.05, 4.69) is 5.32 Å². The van der Waals surface area contributed by atoms with E-state index in [4.69, 9.17) is 13.9 Å². The molecule has 1 amide bonds. The Hall–Kier alpha value is -3.90. The Morgan fingerprint density at radius 2 is 1.87 bits per heavy atom. The monoisotopic (exact) mass is 527 g/mol. The molecule has 1 aromatic heterocycles. The van der Waals surface area contributed by atoms with E-state index in [1.165, 1.54) is 30.3 Å². The summed E-state index contributed by atoms with van der Waals surface area (Å²) >= 11 is 0. The van der Waals surface area contributed by atoms with E-state index in [-0.39, 0.29) is 40.2 Å². The zero-order valence-corrected chi connectivity index (χ0v) is 21.0. The number of phenolic OH excluding ortho intramolecular Hbond substituents is 1. The molecule has 6 N–H and O–H groups in total. The van der Waals surface area contributed by atoms with Crippen molar-refractivity contribution in [2.24, 2.45) is 0 Å². The summed E-state index contributed by atoms with van der Waals surface area (Å²) in [5, 5.41) is 53.0. The highest BCUT2D eigenvalue weighted by Gasteiger charge is 2.39. The molecule has 0 radical (unpaired) electrons. The first-order chi connectivity index (χ1) is 18.0. The number of carbonyl (C=O) groups is 1. The molecule has 2 aromatic carbocycles. The average molecular weight is 528 g/mol. The number of aryl methyl sites for hydroxylation is 1. The number of anilines is 1. The van der Waals surface area contributed by atoms with Crippen molar-refractivity contribution in [2.45, 2.75) is 51.8 Å². The number of aliphatic hydroxyl groups is 3. The molecule has 0 unspecified atom stereocenters. The Morgan fingerprint density at radius 1 is 1.13 bits per heavy atom. The van der Waals surface area contributed by atoms with Crippen LogP contribution in [0.3, 0.4) is 0 Å². The van der Waals surface area contributed by atoms with Gasteiger partial charge in [0.1, 0.15) is 35.4 Å². The summed E-state index contributed by atoms with van der Waals surface area (Å²) in [5.74, 6) is -1.04. The van der Waals surface area contributed by atoms with Gasteiger partial charge in [0.15, 0.2) is 11.4 Å². The fourth-order valence-electron chi connectivity index (χ4n) is 4.00. The number of carbonyl (C=O) groups excluding carboxylic acids is 1. The van der Waals surface area contributed by atoms with Gasteiger partial charge in [-0.25, -0.2) is 4.79 Å². The highest BCUT2D eigenvalue weighted by Crippen LogP contribution is 2.36. The minimum atomic E-state index is -1.53. The Morgan fingerprint density at radius 3 is 2.58 bits per heavy atom. The van der Waals surface area contributed by atoms with E-state index >= 15 is 0 Å². The molecule has 3 aromatic rings. The number of benzene rings is 2. The number of nitrogens with one attached hydrogen (secondary N) is 1. The first-order valence-corrected chi connectivity index (χ1v) is 11.9. The molecule has 2 heterocycles. The van der Waals surface area contributed by atoms with Crippen LogP contribution in [0.2, 0.25) is 0 Å². The van der Waals surface area contributed by atoms with Gasteiger partial charge in [-0.3, -0.25) is 4.79 Å². The lowest BCUT2D eigenvalue weighted by Gasteiger charge is -2.35. The van der Waals surface area contributed by atoms with Gasteiger partial charge in [0, 0.05) is 11.1 Å². The minimum absolute atomic E-state index is 0.0254. The van der Waals surface area contributed by atoms with Crippen molar-refractivity contribution < 1.29 is 44.2 Å². The van der Waals surface area contributed by atoms with E-state index in [1.807, 2.05) is 19.9 Å². The molecular weight excluding hydrogens is 498 g/mol. The maximum atomic E-state index is 12.9. The number of aliphatic hydroxyl groups excluding tert-OH is 3. The van der Waals surface area contributed by atoms with Crippen LogP contribution < -0.4 is 15.7 Å². The number of phenols is 1. The van der Waals surface area contributed by atoms with Crippen LogP contribution in [-0.2, 0) is 11.2 Å². The van der Waals surface area contributed by atoms with Gasteiger partial charge in [0.05, 0.1) is 12.0 Å². The number of ether oxygens (including phenoxy) is 2. The van der Waals surface area contributed by atoms with Crippen LogP contribution in [0.4, 0.5) is 5.69 Å². The Labute approximate surface area is 217 Å². The maximum absolute atomic E-state index is 12.9. The van der Waals surface area contributed by atoms with Crippen molar-refractivity contribution >= 4 is 22.6 Å². The number of aromatic hydroxyl groups is 2. The van der Waals surface area contributed by atoms with Gasteiger partial charge in [-0.15, -0.1) is 0 Å². The lowest BCUT2D eigenvalue weighted by molar-refractivity contribution is -0.242. The predicted molar refractivity (Wildman–Crippen MR) is 136 cm³/mol. The van der Waals surface area contributed by atoms with Gasteiger partial charge in [-0.05, 0) is 63.1 Å². The van der Waals surface area contributed by atoms with E-state index in [9.17, 15) is 35.1 Å². The van der Waals surface area contributed by atoms with Gasteiger partial charge in [0.2, 0.25) is 6.29 Å². The largest absolute Gasteiger partial charge is 0.508 e. The number of hydrogen-bond acceptors (Lipinski definition) is 10. The second-order valence-corrected chi connectivity index (χ2v) is 9.33. The smallest absolute Gasteiger partial charge is 0.364 e. The molecule has 202 valence electrons. The molecular formula is C27H29NO10. The Bertz CT molecular complexity index is 1460. The topological polar surface area (TPSA) is 179 Å². The summed E-state index contributed by atoms with van der Waals surface area (Å²) in [6.07, 6.45) is -3.26. The third kappa shape index (κ3) is 5.36. The van der Waals surface area contributed by atoms with E-state index in [0.29, 0.717) is 12.0 Å².